The summed E-state index contributed by atoms with van der Waals surface area (Å²) in [6.07, 6.45) is 1.14. The number of ether oxygens (including phenoxy) is 2. The SMILES string of the molecule is CCOC(=O)c1ccc(NC(=O)COc2ccc(N(CC)S(C)(=O)=O)cc2)cc1. The summed E-state index contributed by atoms with van der Waals surface area (Å²) in [5.41, 5.74) is 1.44. The van der Waals surface area contributed by atoms with Gasteiger partial charge in [0.1, 0.15) is 5.75 Å². The molecule has 0 spiro atoms. The third kappa shape index (κ3) is 6.49. The fourth-order valence-corrected chi connectivity index (χ4v) is 3.54. The minimum atomic E-state index is -3.35. The van der Waals surface area contributed by atoms with Crippen molar-refractivity contribution in [1.29, 1.82) is 0 Å². The van der Waals surface area contributed by atoms with Crippen molar-refractivity contribution >= 4 is 33.3 Å². The highest BCUT2D eigenvalue weighted by Gasteiger charge is 2.15. The molecule has 0 heterocycles. The van der Waals surface area contributed by atoms with Gasteiger partial charge in [-0.25, -0.2) is 13.2 Å². The van der Waals surface area contributed by atoms with Crippen molar-refractivity contribution in [3.63, 3.8) is 0 Å². The number of carbonyl (C=O) groups is 2. The molecule has 0 aliphatic heterocycles. The van der Waals surface area contributed by atoms with Crippen molar-refractivity contribution in [3.8, 4) is 5.75 Å². The summed E-state index contributed by atoms with van der Waals surface area (Å²) in [7, 11) is -3.35. The van der Waals surface area contributed by atoms with Gasteiger partial charge in [0.25, 0.3) is 5.91 Å². The van der Waals surface area contributed by atoms with E-state index in [1.807, 2.05) is 0 Å². The minimum absolute atomic E-state index is 0.220. The third-order valence-corrected chi connectivity index (χ3v) is 5.13. The van der Waals surface area contributed by atoms with Crippen LogP contribution < -0.4 is 14.4 Å². The summed E-state index contributed by atoms with van der Waals surface area (Å²) in [5, 5.41) is 2.67. The molecule has 0 aromatic heterocycles. The third-order valence-electron chi connectivity index (χ3n) is 3.86. The number of esters is 1. The molecule has 0 saturated carbocycles. The van der Waals surface area contributed by atoms with E-state index in [0.717, 1.165) is 6.26 Å². The van der Waals surface area contributed by atoms with Crippen LogP contribution in [0.3, 0.4) is 0 Å². The molecule has 156 valence electrons. The summed E-state index contributed by atoms with van der Waals surface area (Å²) >= 11 is 0. The number of carbonyl (C=O) groups excluding carboxylic acids is 2. The van der Waals surface area contributed by atoms with Crippen LogP contribution in [-0.4, -0.2) is 46.3 Å². The second-order valence-electron chi connectivity index (χ2n) is 6.06. The highest BCUT2D eigenvalue weighted by molar-refractivity contribution is 7.92. The fourth-order valence-electron chi connectivity index (χ4n) is 2.57. The Labute approximate surface area is 170 Å². The zero-order chi connectivity index (χ0) is 21.4. The average molecular weight is 420 g/mol. The molecule has 1 N–H and O–H groups in total. The fraction of sp³-hybridized carbons (Fsp3) is 0.300. The van der Waals surface area contributed by atoms with Crippen LogP contribution in [0.4, 0.5) is 11.4 Å². The van der Waals surface area contributed by atoms with E-state index in [0.29, 0.717) is 35.8 Å². The molecule has 0 fully saturated rings. The van der Waals surface area contributed by atoms with Crippen molar-refractivity contribution < 1.29 is 27.5 Å². The van der Waals surface area contributed by atoms with Gasteiger partial charge in [-0.1, -0.05) is 0 Å². The van der Waals surface area contributed by atoms with Gasteiger partial charge in [0, 0.05) is 12.2 Å². The highest BCUT2D eigenvalue weighted by Crippen LogP contribution is 2.21. The van der Waals surface area contributed by atoms with Gasteiger partial charge in [0.15, 0.2) is 6.61 Å². The first-order chi connectivity index (χ1) is 13.7. The number of rotatable bonds is 9. The lowest BCUT2D eigenvalue weighted by molar-refractivity contribution is -0.118. The van der Waals surface area contributed by atoms with Crippen LogP contribution in [0.1, 0.15) is 24.2 Å². The van der Waals surface area contributed by atoms with E-state index in [-0.39, 0.29) is 12.5 Å². The van der Waals surface area contributed by atoms with Crippen molar-refractivity contribution in [2.75, 3.05) is 35.6 Å². The normalized spacial score (nSPS) is 10.9. The molecule has 29 heavy (non-hydrogen) atoms. The predicted octanol–water partition coefficient (Wildman–Crippen LogP) is 2.67. The number of sulfonamides is 1. The summed E-state index contributed by atoms with van der Waals surface area (Å²) < 4.78 is 35.1. The van der Waals surface area contributed by atoms with Gasteiger partial charge in [-0.2, -0.15) is 0 Å². The van der Waals surface area contributed by atoms with Crippen LogP contribution in [0.25, 0.3) is 0 Å². The quantitative estimate of drug-likeness (QED) is 0.626. The molecule has 0 unspecified atom stereocenters. The Kier molecular flexibility index (Phi) is 7.60. The number of anilines is 2. The molecule has 2 aromatic rings. The van der Waals surface area contributed by atoms with Gasteiger partial charge in [-0.05, 0) is 62.4 Å². The predicted molar refractivity (Wildman–Crippen MR) is 111 cm³/mol. The molecular weight excluding hydrogens is 396 g/mol. The van der Waals surface area contributed by atoms with E-state index in [4.69, 9.17) is 9.47 Å². The molecule has 8 nitrogen and oxygen atoms in total. The Bertz CT molecular complexity index is 940. The van der Waals surface area contributed by atoms with E-state index in [1.165, 1.54) is 4.31 Å². The number of hydrogen-bond acceptors (Lipinski definition) is 6. The molecule has 1 amide bonds. The summed E-state index contributed by atoms with van der Waals surface area (Å²) in [6, 6.07) is 12.8. The zero-order valence-corrected chi connectivity index (χ0v) is 17.4. The maximum absolute atomic E-state index is 12.0. The Hall–Kier alpha value is -3.07. The standard InChI is InChI=1S/C20H24N2O6S/c1-4-22(29(3,25)26)17-10-12-18(13-11-17)28-14-19(23)21-16-8-6-15(7-9-16)20(24)27-5-2/h6-13H,4-5,14H2,1-3H3,(H,21,23). The first kappa shape index (κ1) is 22.2. The maximum atomic E-state index is 12.0. The van der Waals surface area contributed by atoms with Crippen LogP contribution in [0.15, 0.2) is 48.5 Å². The van der Waals surface area contributed by atoms with Crippen LogP contribution >= 0.6 is 0 Å². The van der Waals surface area contributed by atoms with Crippen LogP contribution in [0.2, 0.25) is 0 Å². The van der Waals surface area contributed by atoms with Gasteiger partial charge in [-0.3, -0.25) is 9.10 Å². The minimum Gasteiger partial charge on any atom is -0.484 e. The van der Waals surface area contributed by atoms with E-state index in [9.17, 15) is 18.0 Å². The van der Waals surface area contributed by atoms with E-state index < -0.39 is 16.0 Å². The lowest BCUT2D eigenvalue weighted by atomic mass is 10.2. The maximum Gasteiger partial charge on any atom is 0.338 e. The lowest BCUT2D eigenvalue weighted by Crippen LogP contribution is -2.29. The Morgan fingerprint density at radius 2 is 1.62 bits per heavy atom. The highest BCUT2D eigenvalue weighted by atomic mass is 32.2. The lowest BCUT2D eigenvalue weighted by Gasteiger charge is -2.20. The Morgan fingerprint density at radius 1 is 1.00 bits per heavy atom. The van der Waals surface area contributed by atoms with Gasteiger partial charge in [0.2, 0.25) is 10.0 Å². The van der Waals surface area contributed by atoms with E-state index in [2.05, 4.69) is 5.32 Å². The average Bonchev–Trinajstić information content (AvgIpc) is 2.67. The molecule has 2 rings (SSSR count). The summed E-state index contributed by atoms with van der Waals surface area (Å²) in [6.45, 7) is 3.86. The second-order valence-corrected chi connectivity index (χ2v) is 7.96. The zero-order valence-electron chi connectivity index (χ0n) is 16.5. The number of nitrogens with one attached hydrogen (secondary N) is 1. The molecule has 0 atom stereocenters. The molecule has 0 bridgehead atoms. The van der Waals surface area contributed by atoms with Crippen LogP contribution in [-0.2, 0) is 19.6 Å². The molecule has 0 aliphatic carbocycles. The van der Waals surface area contributed by atoms with Gasteiger partial charge in [-0.15, -0.1) is 0 Å². The molecule has 0 radical (unpaired) electrons. The topological polar surface area (TPSA) is 102 Å². The monoisotopic (exact) mass is 420 g/mol. The van der Waals surface area contributed by atoms with Crippen molar-refractivity contribution in [1.82, 2.24) is 0 Å². The van der Waals surface area contributed by atoms with Crippen molar-refractivity contribution in [2.45, 2.75) is 13.8 Å². The van der Waals surface area contributed by atoms with E-state index >= 15 is 0 Å². The Morgan fingerprint density at radius 3 is 2.14 bits per heavy atom. The summed E-state index contributed by atoms with van der Waals surface area (Å²) in [5.74, 6) is -0.356. The molecule has 0 saturated heterocycles. The van der Waals surface area contributed by atoms with Crippen LogP contribution in [0, 0.1) is 0 Å². The summed E-state index contributed by atoms with van der Waals surface area (Å²) in [4.78, 5) is 23.7. The first-order valence-electron chi connectivity index (χ1n) is 9.02. The first-order valence-corrected chi connectivity index (χ1v) is 10.9. The molecular formula is C20H24N2O6S. The van der Waals surface area contributed by atoms with Gasteiger partial charge < -0.3 is 14.8 Å². The van der Waals surface area contributed by atoms with Crippen molar-refractivity contribution in [2.24, 2.45) is 0 Å². The van der Waals surface area contributed by atoms with E-state index in [1.54, 1.807) is 62.4 Å². The molecule has 0 aliphatic rings. The number of amides is 1. The van der Waals surface area contributed by atoms with Gasteiger partial charge >= 0.3 is 5.97 Å². The van der Waals surface area contributed by atoms with Gasteiger partial charge in [0.05, 0.1) is 24.1 Å². The Balaban J connectivity index is 1.90. The number of nitrogens with zero attached hydrogens (tertiary/aromatic N) is 1. The number of benzene rings is 2. The largest absolute Gasteiger partial charge is 0.484 e. The molecule has 2 aromatic carbocycles. The smallest absolute Gasteiger partial charge is 0.338 e. The number of hydrogen-bond donors (Lipinski definition) is 1. The van der Waals surface area contributed by atoms with Crippen molar-refractivity contribution in [3.05, 3.63) is 54.1 Å². The molecule has 9 heteroatoms. The second kappa shape index (κ2) is 9.92. The van der Waals surface area contributed by atoms with Crippen LogP contribution in [0.5, 0.6) is 5.75 Å².